The number of benzene rings is 1. The quantitative estimate of drug-likeness (QED) is 0.705. The van der Waals surface area contributed by atoms with Gasteiger partial charge in [0.2, 0.25) is 0 Å². The summed E-state index contributed by atoms with van der Waals surface area (Å²) in [6, 6.07) is 11.7. The van der Waals surface area contributed by atoms with Crippen LogP contribution in [0.25, 0.3) is 22.2 Å². The number of para-hydroxylation sites is 1. The van der Waals surface area contributed by atoms with Crippen LogP contribution in [0.2, 0.25) is 0 Å². The first kappa shape index (κ1) is 10.7. The third-order valence-corrected chi connectivity index (χ3v) is 2.77. The minimum Gasteiger partial charge on any atom is -0.384 e. The average molecular weight is 236 g/mol. The lowest BCUT2D eigenvalue weighted by molar-refractivity contribution is 1.07. The lowest BCUT2D eigenvalue weighted by Crippen LogP contribution is -1.97. The summed E-state index contributed by atoms with van der Waals surface area (Å²) in [5, 5.41) is 1.09. The Hall–Kier alpha value is -2.49. The van der Waals surface area contributed by atoms with Crippen molar-refractivity contribution in [3.05, 3.63) is 48.4 Å². The molecule has 3 aromatic rings. The van der Waals surface area contributed by atoms with Gasteiger partial charge in [-0.15, -0.1) is 0 Å². The molecule has 0 aliphatic carbocycles. The van der Waals surface area contributed by atoms with Crippen LogP contribution in [0.5, 0.6) is 0 Å². The highest BCUT2D eigenvalue weighted by atomic mass is 14.9. The fraction of sp³-hybridized carbons (Fsp3) is 0.0714. The Kier molecular flexibility index (Phi) is 2.41. The minimum absolute atomic E-state index is 0.477. The first-order chi connectivity index (χ1) is 8.74. The maximum absolute atomic E-state index is 5.77. The van der Waals surface area contributed by atoms with E-state index >= 15 is 0 Å². The molecule has 2 aromatic heterocycles. The largest absolute Gasteiger partial charge is 0.384 e. The molecular weight excluding hydrogens is 224 g/mol. The van der Waals surface area contributed by atoms with Gasteiger partial charge in [0.1, 0.15) is 11.6 Å². The van der Waals surface area contributed by atoms with Gasteiger partial charge in [0.25, 0.3) is 0 Å². The molecule has 0 radical (unpaired) electrons. The van der Waals surface area contributed by atoms with E-state index in [-0.39, 0.29) is 0 Å². The molecule has 0 bridgehead atoms. The number of pyridine rings is 1. The second-order valence-corrected chi connectivity index (χ2v) is 4.11. The summed E-state index contributed by atoms with van der Waals surface area (Å²) in [6.45, 7) is 1.83. The Morgan fingerprint density at radius 2 is 1.89 bits per heavy atom. The van der Waals surface area contributed by atoms with Crippen LogP contribution in [0.4, 0.5) is 5.82 Å². The monoisotopic (exact) mass is 236 g/mol. The molecule has 2 N–H and O–H groups in total. The molecule has 2 heterocycles. The molecule has 88 valence electrons. The number of nitrogens with two attached hydrogens (primary N) is 1. The SMILES string of the molecule is Cc1nc(N)cc(-c2cccc3cccnc23)n1. The van der Waals surface area contributed by atoms with Crippen LogP contribution < -0.4 is 5.73 Å². The summed E-state index contributed by atoms with van der Waals surface area (Å²) in [5.74, 6) is 1.14. The molecule has 0 atom stereocenters. The van der Waals surface area contributed by atoms with Crippen LogP contribution >= 0.6 is 0 Å². The number of anilines is 1. The van der Waals surface area contributed by atoms with Crippen LogP contribution in [-0.4, -0.2) is 15.0 Å². The second kappa shape index (κ2) is 4.07. The zero-order valence-corrected chi connectivity index (χ0v) is 9.96. The topological polar surface area (TPSA) is 64.7 Å². The van der Waals surface area contributed by atoms with E-state index in [0.29, 0.717) is 11.6 Å². The van der Waals surface area contributed by atoms with Crippen LogP contribution in [0, 0.1) is 6.92 Å². The van der Waals surface area contributed by atoms with E-state index < -0.39 is 0 Å². The predicted molar refractivity (Wildman–Crippen MR) is 71.9 cm³/mol. The fourth-order valence-corrected chi connectivity index (χ4v) is 2.04. The van der Waals surface area contributed by atoms with Crippen molar-refractivity contribution in [1.29, 1.82) is 0 Å². The Balaban J connectivity index is 2.31. The smallest absolute Gasteiger partial charge is 0.128 e. The van der Waals surface area contributed by atoms with E-state index in [9.17, 15) is 0 Å². The standard InChI is InChI=1S/C14H12N4/c1-9-17-12(8-13(15)18-9)11-6-2-4-10-5-3-7-16-14(10)11/h2-8H,1H3,(H2,15,17,18). The highest BCUT2D eigenvalue weighted by molar-refractivity contribution is 5.92. The van der Waals surface area contributed by atoms with Gasteiger partial charge in [0.15, 0.2) is 0 Å². The highest BCUT2D eigenvalue weighted by Gasteiger charge is 2.07. The maximum Gasteiger partial charge on any atom is 0.128 e. The highest BCUT2D eigenvalue weighted by Crippen LogP contribution is 2.26. The van der Waals surface area contributed by atoms with Gasteiger partial charge < -0.3 is 5.73 Å². The maximum atomic E-state index is 5.77. The van der Waals surface area contributed by atoms with Crippen molar-refractivity contribution in [2.75, 3.05) is 5.73 Å². The van der Waals surface area contributed by atoms with E-state index in [1.807, 2.05) is 37.3 Å². The van der Waals surface area contributed by atoms with Gasteiger partial charge in [0.05, 0.1) is 11.2 Å². The normalized spacial score (nSPS) is 10.7. The molecule has 0 aliphatic rings. The average Bonchev–Trinajstić information content (AvgIpc) is 2.37. The molecule has 0 aliphatic heterocycles. The summed E-state index contributed by atoms with van der Waals surface area (Å²) < 4.78 is 0. The third-order valence-electron chi connectivity index (χ3n) is 2.77. The summed E-state index contributed by atoms with van der Waals surface area (Å²) in [5.41, 5.74) is 8.48. The van der Waals surface area contributed by atoms with Crippen LogP contribution in [0.1, 0.15) is 5.82 Å². The molecule has 0 saturated heterocycles. The van der Waals surface area contributed by atoms with Crippen LogP contribution in [0.15, 0.2) is 42.6 Å². The summed E-state index contributed by atoms with van der Waals surface area (Å²) >= 11 is 0. The van der Waals surface area contributed by atoms with E-state index in [4.69, 9.17) is 5.73 Å². The van der Waals surface area contributed by atoms with Gasteiger partial charge in [0, 0.05) is 23.2 Å². The first-order valence-corrected chi connectivity index (χ1v) is 5.69. The van der Waals surface area contributed by atoms with Crippen LogP contribution in [-0.2, 0) is 0 Å². The third kappa shape index (κ3) is 1.78. The number of hydrogen-bond donors (Lipinski definition) is 1. The number of nitrogen functional groups attached to an aromatic ring is 1. The second-order valence-electron chi connectivity index (χ2n) is 4.11. The molecule has 3 rings (SSSR count). The van der Waals surface area contributed by atoms with Crippen molar-refractivity contribution in [3.8, 4) is 11.3 Å². The summed E-state index contributed by atoms with van der Waals surface area (Å²) in [4.78, 5) is 12.9. The van der Waals surface area contributed by atoms with Crippen molar-refractivity contribution in [1.82, 2.24) is 15.0 Å². The minimum atomic E-state index is 0.477. The van der Waals surface area contributed by atoms with E-state index in [0.717, 1.165) is 22.2 Å². The molecule has 4 nitrogen and oxygen atoms in total. The molecule has 0 amide bonds. The zero-order valence-electron chi connectivity index (χ0n) is 9.96. The zero-order chi connectivity index (χ0) is 12.5. The summed E-state index contributed by atoms with van der Waals surface area (Å²) in [7, 11) is 0. The lowest BCUT2D eigenvalue weighted by atomic mass is 10.1. The number of aryl methyl sites for hydroxylation is 1. The van der Waals surface area contributed by atoms with Gasteiger partial charge in [-0.1, -0.05) is 24.3 Å². The molecule has 0 saturated carbocycles. The lowest BCUT2D eigenvalue weighted by Gasteiger charge is -2.06. The molecular formula is C14H12N4. The Morgan fingerprint density at radius 3 is 2.72 bits per heavy atom. The predicted octanol–water partition coefficient (Wildman–Crippen LogP) is 2.58. The van der Waals surface area contributed by atoms with Gasteiger partial charge >= 0.3 is 0 Å². The molecule has 0 unspecified atom stereocenters. The Labute approximate surface area is 105 Å². The number of rotatable bonds is 1. The van der Waals surface area contributed by atoms with E-state index in [1.54, 1.807) is 12.3 Å². The number of nitrogens with zero attached hydrogens (tertiary/aromatic N) is 3. The molecule has 18 heavy (non-hydrogen) atoms. The van der Waals surface area contributed by atoms with Crippen molar-refractivity contribution < 1.29 is 0 Å². The van der Waals surface area contributed by atoms with Gasteiger partial charge in [-0.25, -0.2) is 9.97 Å². The van der Waals surface area contributed by atoms with Crippen molar-refractivity contribution in [2.45, 2.75) is 6.92 Å². The van der Waals surface area contributed by atoms with Gasteiger partial charge in [-0.2, -0.15) is 0 Å². The molecule has 4 heteroatoms. The first-order valence-electron chi connectivity index (χ1n) is 5.69. The van der Waals surface area contributed by atoms with Crippen molar-refractivity contribution >= 4 is 16.7 Å². The number of hydrogen-bond acceptors (Lipinski definition) is 4. The molecule has 1 aromatic carbocycles. The fourth-order valence-electron chi connectivity index (χ4n) is 2.04. The molecule has 0 fully saturated rings. The number of fused-ring (bicyclic) bond motifs is 1. The van der Waals surface area contributed by atoms with Crippen molar-refractivity contribution in [3.63, 3.8) is 0 Å². The Morgan fingerprint density at radius 1 is 1.06 bits per heavy atom. The Bertz CT molecular complexity index is 696. The summed E-state index contributed by atoms with van der Waals surface area (Å²) in [6.07, 6.45) is 1.78. The number of aromatic nitrogens is 3. The van der Waals surface area contributed by atoms with Gasteiger partial charge in [-0.05, 0) is 13.0 Å². The van der Waals surface area contributed by atoms with E-state index in [2.05, 4.69) is 15.0 Å². The van der Waals surface area contributed by atoms with E-state index in [1.165, 1.54) is 0 Å². The van der Waals surface area contributed by atoms with Gasteiger partial charge in [-0.3, -0.25) is 4.98 Å². The van der Waals surface area contributed by atoms with Crippen LogP contribution in [0.3, 0.4) is 0 Å². The van der Waals surface area contributed by atoms with Crippen molar-refractivity contribution in [2.24, 2.45) is 0 Å². The molecule has 0 spiro atoms.